The Morgan fingerprint density at radius 3 is 2.66 bits per heavy atom. The van der Waals surface area contributed by atoms with E-state index in [2.05, 4.69) is 31.3 Å². The molecular weight excluding hydrogens is 442 g/mol. The predicted octanol–water partition coefficient (Wildman–Crippen LogP) is 3.26. The molecule has 9 nitrogen and oxygen atoms in total. The fourth-order valence-electron chi connectivity index (χ4n) is 4.54. The second-order valence-corrected chi connectivity index (χ2v) is 8.82. The van der Waals surface area contributed by atoms with Crippen LogP contribution in [0.3, 0.4) is 0 Å². The van der Waals surface area contributed by atoms with Crippen molar-refractivity contribution in [2.24, 2.45) is 5.92 Å². The molecule has 1 saturated heterocycles. The van der Waals surface area contributed by atoms with Crippen LogP contribution in [0, 0.1) is 5.92 Å². The Hall–Kier alpha value is -4.27. The smallest absolute Gasteiger partial charge is 0.254 e. The molecule has 1 aliphatic rings. The molecule has 35 heavy (non-hydrogen) atoms. The third kappa shape index (κ3) is 5.29. The maximum atomic E-state index is 13.5. The Labute approximate surface area is 203 Å². The van der Waals surface area contributed by atoms with Crippen LogP contribution in [0.1, 0.15) is 22.8 Å². The number of hydrogen-bond acceptors (Lipinski definition) is 6. The standard InChI is InChI=1S/C26H27N7O2/c1-18(34)32-10-11-33(17-20(16-32)12-19-13-21-6-9-27-24(21)30-15-19)25(35)22-4-2-5-23(14-22)31-26-28-7-3-8-29-26/h2-9,13-15,20H,10-12,16-17H2,1H3,(H,27,30)(H,28,29,31)/t20-/m0/s1. The number of aromatic amines is 1. The molecule has 4 heterocycles. The summed E-state index contributed by atoms with van der Waals surface area (Å²) in [5, 5.41) is 4.19. The van der Waals surface area contributed by atoms with Gasteiger partial charge < -0.3 is 20.1 Å². The van der Waals surface area contributed by atoms with Gasteiger partial charge in [-0.25, -0.2) is 15.0 Å². The summed E-state index contributed by atoms with van der Waals surface area (Å²) in [5.74, 6) is 0.536. The van der Waals surface area contributed by atoms with Crippen molar-refractivity contribution in [3.05, 3.63) is 78.4 Å². The maximum Gasteiger partial charge on any atom is 0.254 e. The molecule has 1 fully saturated rings. The van der Waals surface area contributed by atoms with Crippen molar-refractivity contribution in [1.29, 1.82) is 0 Å². The van der Waals surface area contributed by atoms with Gasteiger partial charge in [0.15, 0.2) is 0 Å². The van der Waals surface area contributed by atoms with Gasteiger partial charge in [-0.3, -0.25) is 9.59 Å². The van der Waals surface area contributed by atoms with Crippen LogP contribution in [0.5, 0.6) is 0 Å². The third-order valence-corrected chi connectivity index (χ3v) is 6.24. The zero-order chi connectivity index (χ0) is 24.2. The van der Waals surface area contributed by atoms with Crippen LogP contribution in [-0.2, 0) is 11.2 Å². The molecule has 0 bridgehead atoms. The first-order valence-corrected chi connectivity index (χ1v) is 11.7. The first-order chi connectivity index (χ1) is 17.0. The van der Waals surface area contributed by atoms with Gasteiger partial charge in [0.25, 0.3) is 5.91 Å². The second-order valence-electron chi connectivity index (χ2n) is 8.82. The third-order valence-electron chi connectivity index (χ3n) is 6.24. The lowest BCUT2D eigenvalue weighted by Crippen LogP contribution is -2.36. The van der Waals surface area contributed by atoms with Crippen molar-refractivity contribution in [2.75, 3.05) is 31.5 Å². The van der Waals surface area contributed by atoms with Crippen LogP contribution in [0.2, 0.25) is 0 Å². The number of nitrogens with zero attached hydrogens (tertiary/aromatic N) is 5. The van der Waals surface area contributed by atoms with E-state index in [1.54, 1.807) is 25.4 Å². The van der Waals surface area contributed by atoms with Crippen molar-refractivity contribution in [3.8, 4) is 0 Å². The van der Waals surface area contributed by atoms with E-state index in [4.69, 9.17) is 0 Å². The zero-order valence-corrected chi connectivity index (χ0v) is 19.5. The summed E-state index contributed by atoms with van der Waals surface area (Å²) in [4.78, 5) is 45.4. The normalized spacial score (nSPS) is 16.2. The number of amides is 2. The molecule has 178 valence electrons. The molecule has 4 aromatic rings. The lowest BCUT2D eigenvalue weighted by molar-refractivity contribution is -0.129. The molecule has 0 aliphatic carbocycles. The van der Waals surface area contributed by atoms with Crippen LogP contribution in [-0.4, -0.2) is 67.7 Å². The number of H-pyrrole nitrogens is 1. The van der Waals surface area contributed by atoms with E-state index in [0.29, 0.717) is 37.7 Å². The summed E-state index contributed by atoms with van der Waals surface area (Å²) in [7, 11) is 0. The van der Waals surface area contributed by atoms with Crippen LogP contribution in [0.25, 0.3) is 11.0 Å². The van der Waals surface area contributed by atoms with Crippen molar-refractivity contribution >= 4 is 34.5 Å². The first-order valence-electron chi connectivity index (χ1n) is 11.7. The number of carbonyl (C=O) groups is 2. The van der Waals surface area contributed by atoms with Crippen molar-refractivity contribution in [1.82, 2.24) is 29.7 Å². The number of pyridine rings is 1. The molecule has 1 aliphatic heterocycles. The van der Waals surface area contributed by atoms with Gasteiger partial charge in [0.05, 0.1) is 0 Å². The number of fused-ring (bicyclic) bond motifs is 1. The molecule has 0 saturated carbocycles. The van der Waals surface area contributed by atoms with Gasteiger partial charge >= 0.3 is 0 Å². The van der Waals surface area contributed by atoms with E-state index in [1.807, 2.05) is 52.5 Å². The number of nitrogens with one attached hydrogen (secondary N) is 2. The number of aromatic nitrogens is 4. The van der Waals surface area contributed by atoms with Gasteiger partial charge in [-0.05, 0) is 54.3 Å². The minimum atomic E-state index is -0.0581. The Kier molecular flexibility index (Phi) is 6.38. The Morgan fingerprint density at radius 2 is 1.83 bits per heavy atom. The Morgan fingerprint density at radius 1 is 1.03 bits per heavy atom. The Bertz CT molecular complexity index is 1340. The molecular formula is C26H27N7O2. The fraction of sp³-hybridized carbons (Fsp3) is 0.269. The van der Waals surface area contributed by atoms with Gasteiger partial charge in [0.2, 0.25) is 11.9 Å². The average Bonchev–Trinajstić information content (AvgIpc) is 3.23. The van der Waals surface area contributed by atoms with Crippen molar-refractivity contribution < 1.29 is 9.59 Å². The van der Waals surface area contributed by atoms with Gasteiger partial charge in [-0.15, -0.1) is 0 Å². The zero-order valence-electron chi connectivity index (χ0n) is 19.5. The molecule has 1 aromatic carbocycles. The molecule has 2 amide bonds. The monoisotopic (exact) mass is 469 g/mol. The minimum absolute atomic E-state index is 0.0255. The van der Waals surface area contributed by atoms with Crippen LogP contribution < -0.4 is 5.32 Å². The SMILES string of the molecule is CC(=O)N1CCN(C(=O)c2cccc(Nc3ncccn3)c2)C[C@@H](Cc2cnc3[nH]ccc3c2)C1. The highest BCUT2D eigenvalue weighted by Crippen LogP contribution is 2.21. The lowest BCUT2D eigenvalue weighted by atomic mass is 9.98. The quantitative estimate of drug-likeness (QED) is 0.465. The van der Waals surface area contributed by atoms with Crippen LogP contribution in [0.4, 0.5) is 11.6 Å². The topological polar surface area (TPSA) is 107 Å². The van der Waals surface area contributed by atoms with E-state index < -0.39 is 0 Å². The van der Waals surface area contributed by atoms with E-state index in [9.17, 15) is 9.59 Å². The molecule has 3 aromatic heterocycles. The lowest BCUT2D eigenvalue weighted by Gasteiger charge is -2.24. The molecule has 5 rings (SSSR count). The van der Waals surface area contributed by atoms with Crippen molar-refractivity contribution in [2.45, 2.75) is 13.3 Å². The van der Waals surface area contributed by atoms with E-state index >= 15 is 0 Å². The molecule has 0 unspecified atom stereocenters. The van der Waals surface area contributed by atoms with Gasteiger partial charge in [-0.2, -0.15) is 0 Å². The van der Waals surface area contributed by atoms with Gasteiger partial charge in [0, 0.05) is 74.5 Å². The van der Waals surface area contributed by atoms with E-state index in [-0.39, 0.29) is 17.7 Å². The summed E-state index contributed by atoms with van der Waals surface area (Å²) in [5.41, 5.74) is 3.26. The number of hydrogen-bond donors (Lipinski definition) is 2. The highest BCUT2D eigenvalue weighted by atomic mass is 16.2. The van der Waals surface area contributed by atoms with E-state index in [1.165, 1.54) is 0 Å². The molecule has 2 N–H and O–H groups in total. The second kappa shape index (κ2) is 9.92. The largest absolute Gasteiger partial charge is 0.346 e. The summed E-state index contributed by atoms with van der Waals surface area (Å²) in [6, 6.07) is 13.2. The molecule has 0 radical (unpaired) electrons. The van der Waals surface area contributed by atoms with Crippen molar-refractivity contribution in [3.63, 3.8) is 0 Å². The highest BCUT2D eigenvalue weighted by molar-refractivity contribution is 5.95. The number of carbonyl (C=O) groups excluding carboxylic acids is 2. The summed E-state index contributed by atoms with van der Waals surface area (Å²) >= 11 is 0. The number of rotatable bonds is 5. The average molecular weight is 470 g/mol. The number of benzene rings is 1. The van der Waals surface area contributed by atoms with Gasteiger partial charge in [0.1, 0.15) is 5.65 Å². The van der Waals surface area contributed by atoms with Gasteiger partial charge in [-0.1, -0.05) is 6.07 Å². The fourth-order valence-corrected chi connectivity index (χ4v) is 4.54. The molecule has 9 heteroatoms. The highest BCUT2D eigenvalue weighted by Gasteiger charge is 2.28. The summed E-state index contributed by atoms with van der Waals surface area (Å²) in [6.07, 6.45) is 7.79. The molecule has 1 atom stereocenters. The number of anilines is 2. The first kappa shape index (κ1) is 22.5. The van der Waals surface area contributed by atoms with Crippen LogP contribution in [0.15, 0.2) is 67.3 Å². The summed E-state index contributed by atoms with van der Waals surface area (Å²) in [6.45, 7) is 3.76. The van der Waals surface area contributed by atoms with Crippen LogP contribution >= 0.6 is 0 Å². The van der Waals surface area contributed by atoms with E-state index in [0.717, 1.165) is 28.7 Å². The predicted molar refractivity (Wildman–Crippen MR) is 133 cm³/mol. The Balaban J connectivity index is 1.34. The minimum Gasteiger partial charge on any atom is -0.346 e. The maximum absolute atomic E-state index is 13.5. The summed E-state index contributed by atoms with van der Waals surface area (Å²) < 4.78 is 0. The molecule has 0 spiro atoms.